The van der Waals surface area contributed by atoms with Crippen molar-refractivity contribution in [3.63, 3.8) is 0 Å². The molecule has 0 saturated heterocycles. The van der Waals surface area contributed by atoms with E-state index in [1.807, 2.05) is 0 Å². The van der Waals surface area contributed by atoms with E-state index in [-0.39, 0.29) is 23.8 Å². The van der Waals surface area contributed by atoms with Crippen molar-refractivity contribution in [1.82, 2.24) is 0 Å². The van der Waals surface area contributed by atoms with Gasteiger partial charge in [-0.3, -0.25) is 4.79 Å². The molecular formula is C12H14ClNO4. The summed E-state index contributed by atoms with van der Waals surface area (Å²) in [5, 5.41) is 2.85. The number of hydrogen-bond donors (Lipinski definition) is 1. The molecule has 0 spiro atoms. The zero-order valence-electron chi connectivity index (χ0n) is 10.4. The number of anilines is 1. The SMILES string of the molecule is CCOC(=O)c1cc(Cl)cc(NC(C)=O)c1OC. The zero-order valence-corrected chi connectivity index (χ0v) is 11.1. The molecule has 0 radical (unpaired) electrons. The summed E-state index contributed by atoms with van der Waals surface area (Å²) in [6.45, 7) is 3.29. The van der Waals surface area contributed by atoms with Crippen molar-refractivity contribution in [3.05, 3.63) is 22.7 Å². The van der Waals surface area contributed by atoms with E-state index < -0.39 is 5.97 Å². The third-order valence-corrected chi connectivity index (χ3v) is 2.28. The van der Waals surface area contributed by atoms with Gasteiger partial charge in [0.25, 0.3) is 0 Å². The average Bonchev–Trinajstić information content (AvgIpc) is 2.27. The standard InChI is InChI=1S/C12H14ClNO4/c1-4-18-12(16)9-5-8(13)6-10(11(9)17-3)14-7(2)15/h5-6H,4H2,1-3H3,(H,14,15). The summed E-state index contributed by atoms with van der Waals surface area (Å²) in [6, 6.07) is 2.94. The van der Waals surface area contributed by atoms with Crippen molar-refractivity contribution in [2.24, 2.45) is 0 Å². The zero-order chi connectivity index (χ0) is 13.7. The van der Waals surface area contributed by atoms with Crippen molar-refractivity contribution in [1.29, 1.82) is 0 Å². The molecule has 1 N–H and O–H groups in total. The maximum atomic E-state index is 11.7. The predicted molar refractivity (Wildman–Crippen MR) is 68.3 cm³/mol. The van der Waals surface area contributed by atoms with Crippen LogP contribution in [0.2, 0.25) is 5.02 Å². The Morgan fingerprint density at radius 2 is 2.06 bits per heavy atom. The lowest BCUT2D eigenvalue weighted by Gasteiger charge is -2.13. The highest BCUT2D eigenvalue weighted by molar-refractivity contribution is 6.31. The van der Waals surface area contributed by atoms with Gasteiger partial charge in [0.05, 0.1) is 19.4 Å². The molecule has 5 nitrogen and oxygen atoms in total. The van der Waals surface area contributed by atoms with Gasteiger partial charge < -0.3 is 14.8 Å². The summed E-state index contributed by atoms with van der Waals surface area (Å²) < 4.78 is 10.0. The highest BCUT2D eigenvalue weighted by Gasteiger charge is 2.19. The van der Waals surface area contributed by atoms with Crippen LogP contribution < -0.4 is 10.1 Å². The first-order valence-electron chi connectivity index (χ1n) is 5.31. The van der Waals surface area contributed by atoms with Gasteiger partial charge in [-0.2, -0.15) is 0 Å². The van der Waals surface area contributed by atoms with Crippen molar-refractivity contribution in [2.75, 3.05) is 19.0 Å². The van der Waals surface area contributed by atoms with Crippen LogP contribution in [0.3, 0.4) is 0 Å². The lowest BCUT2D eigenvalue weighted by Crippen LogP contribution is -2.11. The fourth-order valence-electron chi connectivity index (χ4n) is 1.46. The molecule has 0 aliphatic carbocycles. The van der Waals surface area contributed by atoms with Gasteiger partial charge in [-0.1, -0.05) is 11.6 Å². The van der Waals surface area contributed by atoms with E-state index in [1.165, 1.54) is 26.2 Å². The Balaban J connectivity index is 3.28. The molecule has 0 saturated carbocycles. The summed E-state index contributed by atoms with van der Waals surface area (Å²) in [5.41, 5.74) is 0.510. The molecule has 1 aromatic carbocycles. The molecule has 1 aromatic rings. The smallest absolute Gasteiger partial charge is 0.342 e. The number of carbonyl (C=O) groups excluding carboxylic acids is 2. The van der Waals surface area contributed by atoms with Gasteiger partial charge in [-0.25, -0.2) is 4.79 Å². The van der Waals surface area contributed by atoms with Gasteiger partial charge in [-0.15, -0.1) is 0 Å². The van der Waals surface area contributed by atoms with Crippen LogP contribution in [-0.2, 0) is 9.53 Å². The molecule has 98 valence electrons. The van der Waals surface area contributed by atoms with Gasteiger partial charge >= 0.3 is 5.97 Å². The molecule has 1 amide bonds. The number of ether oxygens (including phenoxy) is 2. The molecular weight excluding hydrogens is 258 g/mol. The van der Waals surface area contributed by atoms with Gasteiger partial charge in [0.15, 0.2) is 5.75 Å². The summed E-state index contributed by atoms with van der Waals surface area (Å²) in [7, 11) is 1.40. The number of esters is 1. The van der Waals surface area contributed by atoms with Crippen molar-refractivity contribution in [2.45, 2.75) is 13.8 Å². The van der Waals surface area contributed by atoms with E-state index in [4.69, 9.17) is 21.1 Å². The van der Waals surface area contributed by atoms with E-state index in [0.717, 1.165) is 0 Å². The average molecular weight is 272 g/mol. The minimum Gasteiger partial charge on any atom is -0.494 e. The number of nitrogens with one attached hydrogen (secondary N) is 1. The van der Waals surface area contributed by atoms with Crippen LogP contribution in [0, 0.1) is 0 Å². The largest absolute Gasteiger partial charge is 0.494 e. The highest BCUT2D eigenvalue weighted by atomic mass is 35.5. The van der Waals surface area contributed by atoms with E-state index in [1.54, 1.807) is 6.92 Å². The molecule has 0 heterocycles. The third kappa shape index (κ3) is 3.37. The van der Waals surface area contributed by atoms with E-state index >= 15 is 0 Å². The minimum atomic E-state index is -0.552. The van der Waals surface area contributed by atoms with Crippen molar-refractivity contribution in [3.8, 4) is 5.75 Å². The van der Waals surface area contributed by atoms with Crippen molar-refractivity contribution >= 4 is 29.2 Å². The minimum absolute atomic E-state index is 0.176. The Hall–Kier alpha value is -1.75. The Morgan fingerprint density at radius 3 is 2.56 bits per heavy atom. The Bertz CT molecular complexity index is 473. The summed E-state index contributed by atoms with van der Waals surface area (Å²) in [4.78, 5) is 22.8. The Labute approximate surface area is 110 Å². The lowest BCUT2D eigenvalue weighted by molar-refractivity contribution is -0.114. The third-order valence-electron chi connectivity index (χ3n) is 2.06. The predicted octanol–water partition coefficient (Wildman–Crippen LogP) is 2.48. The van der Waals surface area contributed by atoms with Crippen LogP contribution in [0.4, 0.5) is 5.69 Å². The molecule has 0 aliphatic heterocycles. The molecule has 6 heteroatoms. The topological polar surface area (TPSA) is 64.6 Å². The van der Waals surface area contributed by atoms with Crippen LogP contribution in [0.25, 0.3) is 0 Å². The molecule has 0 aliphatic rings. The number of rotatable bonds is 4. The highest BCUT2D eigenvalue weighted by Crippen LogP contribution is 2.33. The number of carbonyl (C=O) groups is 2. The monoisotopic (exact) mass is 271 g/mol. The number of amides is 1. The van der Waals surface area contributed by atoms with E-state index in [0.29, 0.717) is 10.7 Å². The first-order valence-corrected chi connectivity index (χ1v) is 5.69. The van der Waals surface area contributed by atoms with Crippen LogP contribution >= 0.6 is 11.6 Å². The fraction of sp³-hybridized carbons (Fsp3) is 0.333. The molecule has 0 fully saturated rings. The maximum absolute atomic E-state index is 11.7. The van der Waals surface area contributed by atoms with Crippen LogP contribution in [0.5, 0.6) is 5.75 Å². The quantitative estimate of drug-likeness (QED) is 0.855. The first-order chi connectivity index (χ1) is 8.49. The molecule has 1 rings (SSSR count). The molecule has 0 atom stereocenters. The number of methoxy groups -OCH3 is 1. The summed E-state index contributed by atoms with van der Waals surface area (Å²) >= 11 is 5.89. The van der Waals surface area contributed by atoms with E-state index in [2.05, 4.69) is 5.32 Å². The van der Waals surface area contributed by atoms with Gasteiger partial charge in [-0.05, 0) is 19.1 Å². The number of halogens is 1. The molecule has 0 aromatic heterocycles. The summed E-state index contributed by atoms with van der Waals surface area (Å²) in [6.07, 6.45) is 0. The number of benzene rings is 1. The second-order valence-electron chi connectivity index (χ2n) is 3.44. The molecule has 18 heavy (non-hydrogen) atoms. The molecule has 0 unspecified atom stereocenters. The Morgan fingerprint density at radius 1 is 1.39 bits per heavy atom. The normalized spacial score (nSPS) is 9.78. The second-order valence-corrected chi connectivity index (χ2v) is 3.87. The fourth-order valence-corrected chi connectivity index (χ4v) is 1.67. The lowest BCUT2D eigenvalue weighted by atomic mass is 10.1. The molecule has 0 bridgehead atoms. The van der Waals surface area contributed by atoms with Gasteiger partial charge in [0.2, 0.25) is 5.91 Å². The van der Waals surface area contributed by atoms with Crippen LogP contribution in [0.1, 0.15) is 24.2 Å². The number of hydrogen-bond acceptors (Lipinski definition) is 4. The Kier molecular flexibility index (Phi) is 4.97. The second kappa shape index (κ2) is 6.26. The van der Waals surface area contributed by atoms with E-state index in [9.17, 15) is 9.59 Å². The van der Waals surface area contributed by atoms with Crippen LogP contribution in [0.15, 0.2) is 12.1 Å². The van der Waals surface area contributed by atoms with Gasteiger partial charge in [0, 0.05) is 11.9 Å². The van der Waals surface area contributed by atoms with Gasteiger partial charge in [0.1, 0.15) is 5.56 Å². The van der Waals surface area contributed by atoms with Crippen molar-refractivity contribution < 1.29 is 19.1 Å². The maximum Gasteiger partial charge on any atom is 0.342 e. The van der Waals surface area contributed by atoms with Crippen LogP contribution in [-0.4, -0.2) is 25.6 Å². The first kappa shape index (κ1) is 14.3. The summed E-state index contributed by atoms with van der Waals surface area (Å²) in [5.74, 6) is -0.609.